The molecule has 5 heteroatoms. The molecule has 1 aliphatic heterocycles. The second-order valence-corrected chi connectivity index (χ2v) is 7.07. The molecule has 1 unspecified atom stereocenters. The van der Waals surface area contributed by atoms with E-state index in [2.05, 4.69) is 46.3 Å². The van der Waals surface area contributed by atoms with Crippen molar-refractivity contribution in [2.45, 2.75) is 52.1 Å². The lowest BCUT2D eigenvalue weighted by atomic mass is 10.0. The van der Waals surface area contributed by atoms with E-state index in [9.17, 15) is 0 Å². The smallest absolute Gasteiger partial charge is 0.150 e. The Kier molecular flexibility index (Phi) is 4.40. The van der Waals surface area contributed by atoms with Crippen molar-refractivity contribution in [1.82, 2.24) is 15.3 Å². The zero-order valence-electron chi connectivity index (χ0n) is 13.1. The van der Waals surface area contributed by atoms with Crippen LogP contribution in [0, 0.1) is 6.92 Å². The molecule has 1 fully saturated rings. The highest BCUT2D eigenvalue weighted by Crippen LogP contribution is 2.32. The molecule has 4 nitrogen and oxygen atoms in total. The van der Waals surface area contributed by atoms with Gasteiger partial charge in [-0.2, -0.15) is 0 Å². The number of anilines is 1. The van der Waals surface area contributed by atoms with Crippen LogP contribution in [0.4, 0.5) is 5.82 Å². The molecule has 3 heterocycles. The number of nitrogens with one attached hydrogen (secondary N) is 1. The zero-order valence-corrected chi connectivity index (χ0v) is 13.9. The van der Waals surface area contributed by atoms with Crippen LogP contribution in [0.3, 0.4) is 0 Å². The van der Waals surface area contributed by atoms with Crippen molar-refractivity contribution in [1.29, 1.82) is 0 Å². The van der Waals surface area contributed by atoms with Crippen LogP contribution in [0.5, 0.6) is 0 Å². The Bertz CT molecular complexity index is 601. The average Bonchev–Trinajstić information content (AvgIpc) is 2.87. The van der Waals surface area contributed by atoms with Gasteiger partial charge in [-0.25, -0.2) is 9.97 Å². The maximum Gasteiger partial charge on any atom is 0.150 e. The Morgan fingerprint density at radius 2 is 2.24 bits per heavy atom. The summed E-state index contributed by atoms with van der Waals surface area (Å²) in [6.45, 7) is 8.79. The van der Waals surface area contributed by atoms with Crippen molar-refractivity contribution in [3.8, 4) is 0 Å². The van der Waals surface area contributed by atoms with E-state index in [0.29, 0.717) is 12.1 Å². The van der Waals surface area contributed by atoms with Gasteiger partial charge in [0.25, 0.3) is 0 Å². The number of thiophene rings is 1. The molecule has 2 aromatic heterocycles. The van der Waals surface area contributed by atoms with Crippen molar-refractivity contribution < 1.29 is 0 Å². The lowest BCUT2D eigenvalue weighted by Gasteiger charge is -2.34. The van der Waals surface area contributed by atoms with Crippen LogP contribution in [0.15, 0.2) is 11.7 Å². The number of hydrogen-bond donors (Lipinski definition) is 1. The van der Waals surface area contributed by atoms with Gasteiger partial charge in [0.05, 0.1) is 10.2 Å². The van der Waals surface area contributed by atoms with Crippen molar-refractivity contribution in [2.75, 3.05) is 18.0 Å². The summed E-state index contributed by atoms with van der Waals surface area (Å²) in [5.74, 6) is 1.10. The molecule has 1 atom stereocenters. The topological polar surface area (TPSA) is 41.0 Å². The van der Waals surface area contributed by atoms with Crippen molar-refractivity contribution in [2.24, 2.45) is 0 Å². The van der Waals surface area contributed by atoms with Crippen LogP contribution in [0.1, 0.15) is 38.7 Å². The third kappa shape index (κ3) is 3.04. The van der Waals surface area contributed by atoms with E-state index in [-0.39, 0.29) is 0 Å². The molecule has 0 spiro atoms. The van der Waals surface area contributed by atoms with Gasteiger partial charge in [0.15, 0.2) is 0 Å². The highest BCUT2D eigenvalue weighted by atomic mass is 32.1. The minimum absolute atomic E-state index is 0.439. The largest absolute Gasteiger partial charge is 0.351 e. The summed E-state index contributed by atoms with van der Waals surface area (Å²) in [4.78, 5) is 11.5. The molecule has 0 aromatic carbocycles. The maximum absolute atomic E-state index is 4.60. The van der Waals surface area contributed by atoms with Gasteiger partial charge in [-0.1, -0.05) is 6.42 Å². The van der Waals surface area contributed by atoms with Crippen LogP contribution in [0.25, 0.3) is 10.2 Å². The first-order valence-electron chi connectivity index (χ1n) is 7.85. The fourth-order valence-electron chi connectivity index (χ4n) is 3.02. The summed E-state index contributed by atoms with van der Waals surface area (Å²) < 4.78 is 1.22. The molecule has 21 heavy (non-hydrogen) atoms. The molecular formula is C16H24N4S. The quantitative estimate of drug-likeness (QED) is 0.940. The van der Waals surface area contributed by atoms with E-state index in [1.807, 2.05) is 0 Å². The Morgan fingerprint density at radius 3 is 2.95 bits per heavy atom. The first-order valence-corrected chi connectivity index (χ1v) is 8.73. The third-order valence-electron chi connectivity index (χ3n) is 4.24. The average molecular weight is 304 g/mol. The third-order valence-corrected chi connectivity index (χ3v) is 5.32. The van der Waals surface area contributed by atoms with E-state index < -0.39 is 0 Å². The fraction of sp³-hybridized carbons (Fsp3) is 0.625. The van der Waals surface area contributed by atoms with E-state index in [1.165, 1.54) is 29.5 Å². The monoisotopic (exact) mass is 304 g/mol. The summed E-state index contributed by atoms with van der Waals surface area (Å²) in [5, 5.41) is 5.83. The molecular weight excluding hydrogens is 280 g/mol. The second kappa shape index (κ2) is 6.28. The van der Waals surface area contributed by atoms with Crippen molar-refractivity contribution in [3.05, 3.63) is 17.3 Å². The van der Waals surface area contributed by atoms with Gasteiger partial charge < -0.3 is 10.2 Å². The predicted molar refractivity (Wildman–Crippen MR) is 90.3 cm³/mol. The minimum atomic E-state index is 0.439. The molecule has 3 rings (SSSR count). The van der Waals surface area contributed by atoms with E-state index >= 15 is 0 Å². The fourth-order valence-corrected chi connectivity index (χ4v) is 4.03. The molecule has 114 valence electrons. The van der Waals surface area contributed by atoms with Gasteiger partial charge in [0, 0.05) is 18.6 Å². The summed E-state index contributed by atoms with van der Waals surface area (Å²) >= 11 is 1.76. The molecule has 0 amide bonds. The minimum Gasteiger partial charge on any atom is -0.351 e. The van der Waals surface area contributed by atoms with E-state index in [4.69, 9.17) is 0 Å². The van der Waals surface area contributed by atoms with Gasteiger partial charge in [-0.15, -0.1) is 11.3 Å². The maximum atomic E-state index is 4.60. The van der Waals surface area contributed by atoms with Crippen LogP contribution < -0.4 is 10.2 Å². The Labute approximate surface area is 130 Å². The molecule has 2 aromatic rings. The SMILES string of the molecule is Cc1csc2c(N(CC3CCCCN3)C(C)C)ncnc12. The molecule has 1 aliphatic rings. The van der Waals surface area contributed by atoms with Crippen molar-refractivity contribution >= 4 is 27.4 Å². The number of hydrogen-bond acceptors (Lipinski definition) is 5. The number of rotatable bonds is 4. The van der Waals surface area contributed by atoms with E-state index in [0.717, 1.165) is 24.4 Å². The highest BCUT2D eigenvalue weighted by Gasteiger charge is 2.22. The molecule has 0 bridgehead atoms. The van der Waals surface area contributed by atoms with Crippen LogP contribution in [0.2, 0.25) is 0 Å². The van der Waals surface area contributed by atoms with Gasteiger partial charge in [-0.3, -0.25) is 0 Å². The molecule has 0 saturated carbocycles. The predicted octanol–water partition coefficient (Wildman–Crippen LogP) is 3.36. The second-order valence-electron chi connectivity index (χ2n) is 6.19. The number of piperidine rings is 1. The Hall–Kier alpha value is -1.20. The Balaban J connectivity index is 1.91. The van der Waals surface area contributed by atoms with Gasteiger partial charge in [-0.05, 0) is 51.1 Å². The molecule has 0 radical (unpaired) electrons. The molecule has 0 aliphatic carbocycles. The van der Waals surface area contributed by atoms with E-state index in [1.54, 1.807) is 17.7 Å². The first kappa shape index (κ1) is 14.7. The van der Waals surface area contributed by atoms with Crippen molar-refractivity contribution in [3.63, 3.8) is 0 Å². The van der Waals surface area contributed by atoms with Crippen LogP contribution in [-0.2, 0) is 0 Å². The van der Waals surface area contributed by atoms with Gasteiger partial charge >= 0.3 is 0 Å². The highest BCUT2D eigenvalue weighted by molar-refractivity contribution is 7.18. The summed E-state index contributed by atoms with van der Waals surface area (Å²) in [7, 11) is 0. The number of nitrogens with zero attached hydrogens (tertiary/aromatic N) is 3. The number of fused-ring (bicyclic) bond motifs is 1. The molecule has 1 saturated heterocycles. The summed E-state index contributed by atoms with van der Waals surface area (Å²) in [6.07, 6.45) is 5.61. The summed E-state index contributed by atoms with van der Waals surface area (Å²) in [5.41, 5.74) is 2.35. The first-order chi connectivity index (χ1) is 10.2. The lowest BCUT2D eigenvalue weighted by Crippen LogP contribution is -2.46. The normalized spacial score (nSPS) is 19.3. The van der Waals surface area contributed by atoms with Gasteiger partial charge in [0.2, 0.25) is 0 Å². The Morgan fingerprint density at radius 1 is 1.38 bits per heavy atom. The van der Waals surface area contributed by atoms with Crippen LogP contribution in [-0.4, -0.2) is 35.1 Å². The lowest BCUT2D eigenvalue weighted by molar-refractivity contribution is 0.393. The standard InChI is InChI=1S/C16H24N4S/c1-11(2)20(8-13-6-4-5-7-17-13)16-15-14(18-10-19-16)12(3)9-21-15/h9-11,13,17H,4-8H2,1-3H3. The van der Waals surface area contributed by atoms with Crippen LogP contribution >= 0.6 is 11.3 Å². The zero-order chi connectivity index (χ0) is 14.8. The number of aryl methyl sites for hydroxylation is 1. The summed E-state index contributed by atoms with van der Waals surface area (Å²) in [6, 6.07) is 1.02. The molecule has 1 N–H and O–H groups in total. The number of aromatic nitrogens is 2. The van der Waals surface area contributed by atoms with Gasteiger partial charge in [0.1, 0.15) is 12.1 Å².